The lowest BCUT2D eigenvalue weighted by atomic mass is 10.0. The van der Waals surface area contributed by atoms with Crippen molar-refractivity contribution in [1.29, 1.82) is 0 Å². The van der Waals surface area contributed by atoms with E-state index < -0.39 is 42.4 Å². The first-order chi connectivity index (χ1) is 14.7. The second kappa shape index (κ2) is 9.16. The summed E-state index contributed by atoms with van der Waals surface area (Å²) >= 11 is 0. The second-order valence-electron chi connectivity index (χ2n) is 6.92. The molecule has 0 saturated carbocycles. The van der Waals surface area contributed by atoms with Gasteiger partial charge in [-0.1, -0.05) is 24.3 Å². The molecule has 3 rings (SSSR count). The van der Waals surface area contributed by atoms with Gasteiger partial charge in [0.15, 0.2) is 0 Å². The smallest absolute Gasteiger partial charge is 0.307 e. The van der Waals surface area contributed by atoms with Crippen molar-refractivity contribution in [3.63, 3.8) is 0 Å². The Morgan fingerprint density at radius 3 is 2.45 bits per heavy atom. The molecule has 0 aliphatic heterocycles. The molecule has 2 aromatic carbocycles. The van der Waals surface area contributed by atoms with Gasteiger partial charge < -0.3 is 15.5 Å². The molecule has 0 radical (unpaired) electrons. The number of carbonyl (C=O) groups excluding carboxylic acids is 1. The van der Waals surface area contributed by atoms with Gasteiger partial charge in [-0.25, -0.2) is 9.49 Å². The maximum absolute atomic E-state index is 14.2. The van der Waals surface area contributed by atoms with Crippen LogP contribution in [0.5, 0.6) is 0 Å². The van der Waals surface area contributed by atoms with E-state index in [1.165, 1.54) is 12.1 Å². The number of anilines is 1. The standard InChI is InChI=1S/C21H18FN3O6/c22-15-6-5-11(7-16-13-3-1-2-4-14(13)20(29)25-24-16)8-17(15)23-18(26)9-12(21(30)31)10-19(27)28/h1-6,8,12H,7,9-10H2,(H,23,26)(H,25,29)(H,27,28)(H,30,31). The van der Waals surface area contributed by atoms with Gasteiger partial charge in [0.1, 0.15) is 5.82 Å². The number of carboxylic acid groups (broad SMARTS) is 2. The van der Waals surface area contributed by atoms with Gasteiger partial charge in [0, 0.05) is 18.2 Å². The Hall–Kier alpha value is -4.08. The van der Waals surface area contributed by atoms with Crippen molar-refractivity contribution < 1.29 is 29.0 Å². The highest BCUT2D eigenvalue weighted by molar-refractivity contribution is 5.94. The van der Waals surface area contributed by atoms with E-state index in [9.17, 15) is 23.6 Å². The summed E-state index contributed by atoms with van der Waals surface area (Å²) in [6.45, 7) is 0. The molecule has 1 unspecified atom stereocenters. The number of halogens is 1. The van der Waals surface area contributed by atoms with Crippen molar-refractivity contribution in [2.45, 2.75) is 19.3 Å². The van der Waals surface area contributed by atoms with E-state index in [0.29, 0.717) is 22.0 Å². The summed E-state index contributed by atoms with van der Waals surface area (Å²) in [6.07, 6.45) is -1.11. The Labute approximate surface area is 174 Å². The van der Waals surface area contributed by atoms with Crippen molar-refractivity contribution in [3.8, 4) is 0 Å². The normalized spacial score (nSPS) is 11.8. The molecule has 3 aromatic rings. The topological polar surface area (TPSA) is 149 Å². The van der Waals surface area contributed by atoms with Crippen LogP contribution < -0.4 is 10.9 Å². The molecule has 1 atom stereocenters. The third-order valence-corrected chi connectivity index (χ3v) is 4.65. The summed E-state index contributed by atoms with van der Waals surface area (Å²) in [5.41, 5.74) is 0.629. The highest BCUT2D eigenvalue weighted by Gasteiger charge is 2.24. The molecule has 0 saturated heterocycles. The number of nitrogens with zero attached hydrogens (tertiary/aromatic N) is 1. The number of aliphatic carboxylic acids is 2. The number of hydrogen-bond acceptors (Lipinski definition) is 5. The average molecular weight is 427 g/mol. The van der Waals surface area contributed by atoms with Crippen LogP contribution in [0.4, 0.5) is 10.1 Å². The third-order valence-electron chi connectivity index (χ3n) is 4.65. The van der Waals surface area contributed by atoms with Crippen LogP contribution in [0.25, 0.3) is 10.8 Å². The molecule has 0 aliphatic rings. The Morgan fingerprint density at radius 1 is 1.06 bits per heavy atom. The van der Waals surface area contributed by atoms with E-state index in [1.807, 2.05) is 0 Å². The van der Waals surface area contributed by atoms with Crippen LogP contribution in [0.2, 0.25) is 0 Å². The summed E-state index contributed by atoms with van der Waals surface area (Å²) < 4.78 is 14.2. The van der Waals surface area contributed by atoms with E-state index in [2.05, 4.69) is 15.5 Å². The van der Waals surface area contributed by atoms with E-state index >= 15 is 0 Å². The predicted molar refractivity (Wildman–Crippen MR) is 108 cm³/mol. The molecule has 4 N–H and O–H groups in total. The van der Waals surface area contributed by atoms with E-state index in [-0.39, 0.29) is 17.7 Å². The number of nitrogens with one attached hydrogen (secondary N) is 2. The highest BCUT2D eigenvalue weighted by Crippen LogP contribution is 2.22. The summed E-state index contributed by atoms with van der Waals surface area (Å²) in [4.78, 5) is 46.0. The Kier molecular flexibility index (Phi) is 6.39. The molecule has 1 heterocycles. The maximum Gasteiger partial charge on any atom is 0.307 e. The van der Waals surface area contributed by atoms with E-state index in [0.717, 1.165) is 6.07 Å². The first-order valence-corrected chi connectivity index (χ1v) is 9.23. The van der Waals surface area contributed by atoms with Crippen molar-refractivity contribution in [3.05, 3.63) is 69.9 Å². The lowest BCUT2D eigenvalue weighted by molar-refractivity contribution is -0.149. The molecule has 1 amide bonds. The molecule has 0 bridgehead atoms. The SMILES string of the molecule is O=C(O)CC(CC(=O)Nc1cc(Cc2n[nH]c(=O)c3ccccc23)ccc1F)C(=O)O. The van der Waals surface area contributed by atoms with Crippen LogP contribution in [-0.2, 0) is 20.8 Å². The number of carbonyl (C=O) groups is 3. The molecule has 10 heteroatoms. The van der Waals surface area contributed by atoms with Gasteiger partial charge in [-0.3, -0.25) is 19.2 Å². The zero-order valence-corrected chi connectivity index (χ0v) is 16.1. The van der Waals surface area contributed by atoms with Gasteiger partial charge in [0.2, 0.25) is 5.91 Å². The lowest BCUT2D eigenvalue weighted by Gasteiger charge is -2.12. The van der Waals surface area contributed by atoms with Crippen LogP contribution >= 0.6 is 0 Å². The predicted octanol–water partition coefficient (Wildman–Crippen LogP) is 2.16. The minimum absolute atomic E-state index is 0.171. The second-order valence-corrected chi connectivity index (χ2v) is 6.92. The van der Waals surface area contributed by atoms with Crippen molar-refractivity contribution >= 4 is 34.3 Å². The quantitative estimate of drug-likeness (QED) is 0.430. The van der Waals surface area contributed by atoms with E-state index in [4.69, 9.17) is 10.2 Å². The number of hydrogen-bond donors (Lipinski definition) is 4. The molecule has 1 aromatic heterocycles. The molecule has 31 heavy (non-hydrogen) atoms. The van der Waals surface area contributed by atoms with Gasteiger partial charge in [0.05, 0.1) is 29.1 Å². The molecular weight excluding hydrogens is 409 g/mol. The fourth-order valence-corrected chi connectivity index (χ4v) is 3.16. The van der Waals surface area contributed by atoms with Crippen molar-refractivity contribution in [2.75, 3.05) is 5.32 Å². The summed E-state index contributed by atoms with van der Waals surface area (Å²) in [6, 6.07) is 10.9. The zero-order chi connectivity index (χ0) is 22.5. The van der Waals surface area contributed by atoms with Crippen LogP contribution in [-0.4, -0.2) is 38.3 Å². The fourth-order valence-electron chi connectivity index (χ4n) is 3.16. The number of H-pyrrole nitrogens is 1. The third kappa shape index (κ3) is 5.30. The Bertz CT molecular complexity index is 1220. The summed E-state index contributed by atoms with van der Waals surface area (Å²) in [5, 5.41) is 27.7. The van der Waals surface area contributed by atoms with Crippen LogP contribution in [0.3, 0.4) is 0 Å². The van der Waals surface area contributed by atoms with Crippen LogP contribution in [0, 0.1) is 11.7 Å². The van der Waals surface area contributed by atoms with Gasteiger partial charge in [0.25, 0.3) is 5.56 Å². The van der Waals surface area contributed by atoms with Gasteiger partial charge in [-0.15, -0.1) is 0 Å². The van der Waals surface area contributed by atoms with Crippen LogP contribution in [0.15, 0.2) is 47.3 Å². The number of carboxylic acids is 2. The number of aromatic nitrogens is 2. The average Bonchev–Trinajstić information content (AvgIpc) is 2.72. The molecule has 160 valence electrons. The summed E-state index contributed by atoms with van der Waals surface area (Å²) in [7, 11) is 0. The van der Waals surface area contributed by atoms with Crippen LogP contribution in [0.1, 0.15) is 24.1 Å². The number of amides is 1. The van der Waals surface area contributed by atoms with Gasteiger partial charge in [-0.2, -0.15) is 5.10 Å². The first-order valence-electron chi connectivity index (χ1n) is 9.23. The number of aromatic amines is 1. The minimum Gasteiger partial charge on any atom is -0.481 e. The largest absolute Gasteiger partial charge is 0.481 e. The fraction of sp³-hybridized carbons (Fsp3) is 0.190. The van der Waals surface area contributed by atoms with Crippen molar-refractivity contribution in [1.82, 2.24) is 10.2 Å². The molecule has 0 aliphatic carbocycles. The molecule has 0 fully saturated rings. The monoisotopic (exact) mass is 427 g/mol. The molecular formula is C21H18FN3O6. The maximum atomic E-state index is 14.2. The molecule has 0 spiro atoms. The highest BCUT2D eigenvalue weighted by atomic mass is 19.1. The minimum atomic E-state index is -1.43. The van der Waals surface area contributed by atoms with Crippen molar-refractivity contribution in [2.24, 2.45) is 5.92 Å². The molecule has 9 nitrogen and oxygen atoms in total. The number of benzene rings is 2. The summed E-state index contributed by atoms with van der Waals surface area (Å²) in [5.74, 6) is -5.77. The first kappa shape index (κ1) is 21.6. The number of fused-ring (bicyclic) bond motifs is 1. The van der Waals surface area contributed by atoms with E-state index in [1.54, 1.807) is 24.3 Å². The Balaban J connectivity index is 1.80. The lowest BCUT2D eigenvalue weighted by Crippen LogP contribution is -2.24. The zero-order valence-electron chi connectivity index (χ0n) is 16.1. The Morgan fingerprint density at radius 2 is 1.77 bits per heavy atom. The van der Waals surface area contributed by atoms with Gasteiger partial charge in [-0.05, 0) is 23.8 Å². The van der Waals surface area contributed by atoms with Gasteiger partial charge >= 0.3 is 11.9 Å². The number of rotatable bonds is 8.